The van der Waals surface area contributed by atoms with Crippen LogP contribution in [0.2, 0.25) is 0 Å². The summed E-state index contributed by atoms with van der Waals surface area (Å²) >= 11 is 0. The molecule has 1 aliphatic carbocycles. The molecule has 0 amide bonds. The number of hydrogen-bond donors (Lipinski definition) is 0. The van der Waals surface area contributed by atoms with Crippen LogP contribution in [0.25, 0.3) is 0 Å². The minimum absolute atomic E-state index is 0.611. The van der Waals surface area contributed by atoms with Gasteiger partial charge in [-0.1, -0.05) is 6.92 Å². The van der Waals surface area contributed by atoms with Crippen LogP contribution in [-0.4, -0.2) is 12.8 Å². The molecule has 1 heterocycles. The predicted octanol–water partition coefficient (Wildman–Crippen LogP) is 1.49. The topological polar surface area (TPSA) is 12.4 Å². The lowest BCUT2D eigenvalue weighted by atomic mass is 9.95. The quantitative estimate of drug-likeness (QED) is 0.447. The van der Waals surface area contributed by atoms with E-state index in [0.29, 0.717) is 5.41 Å². The van der Waals surface area contributed by atoms with E-state index < -0.39 is 0 Å². The van der Waals surface area contributed by atoms with E-state index in [0.717, 1.165) is 12.5 Å². The van der Waals surface area contributed by atoms with Crippen molar-refractivity contribution in [1.82, 2.24) is 0 Å². The fourth-order valence-electron chi connectivity index (χ4n) is 1.47. The van der Waals surface area contributed by atoms with Gasteiger partial charge in [-0.3, -0.25) is 4.99 Å². The second-order valence-corrected chi connectivity index (χ2v) is 3.13. The van der Waals surface area contributed by atoms with Crippen LogP contribution in [0.3, 0.4) is 0 Å². The molecular formula is C7H11N. The van der Waals surface area contributed by atoms with Gasteiger partial charge in [0.15, 0.2) is 0 Å². The summed E-state index contributed by atoms with van der Waals surface area (Å²) in [7, 11) is 0. The summed E-state index contributed by atoms with van der Waals surface area (Å²) in [6.45, 7) is 3.39. The highest BCUT2D eigenvalue weighted by atomic mass is 14.8. The summed E-state index contributed by atoms with van der Waals surface area (Å²) in [5, 5.41) is 0. The average Bonchev–Trinajstić information content (AvgIpc) is 2.39. The molecule has 1 saturated carbocycles. The number of aliphatic imine (C=N–C) groups is 1. The molecule has 44 valence electrons. The first-order valence-corrected chi connectivity index (χ1v) is 3.34. The van der Waals surface area contributed by atoms with E-state index in [-0.39, 0.29) is 0 Å². The van der Waals surface area contributed by atoms with Gasteiger partial charge >= 0.3 is 0 Å². The first-order valence-electron chi connectivity index (χ1n) is 3.34. The van der Waals surface area contributed by atoms with Crippen molar-refractivity contribution in [2.45, 2.75) is 19.8 Å². The first kappa shape index (κ1) is 4.54. The molecule has 1 fully saturated rings. The van der Waals surface area contributed by atoms with Gasteiger partial charge < -0.3 is 0 Å². The SMILES string of the molecule is C[C@@H]1CN=CC12CC2. The van der Waals surface area contributed by atoms with E-state index in [1.165, 1.54) is 12.8 Å². The van der Waals surface area contributed by atoms with Crippen LogP contribution in [0, 0.1) is 11.3 Å². The summed E-state index contributed by atoms with van der Waals surface area (Å²) in [5.74, 6) is 0.850. The summed E-state index contributed by atoms with van der Waals surface area (Å²) in [6, 6.07) is 0. The highest BCUT2D eigenvalue weighted by Crippen LogP contribution is 2.52. The van der Waals surface area contributed by atoms with Crippen LogP contribution in [0.1, 0.15) is 19.8 Å². The minimum atomic E-state index is 0.611. The Morgan fingerprint density at radius 2 is 2.38 bits per heavy atom. The van der Waals surface area contributed by atoms with Crippen molar-refractivity contribution in [3.63, 3.8) is 0 Å². The van der Waals surface area contributed by atoms with E-state index in [2.05, 4.69) is 18.1 Å². The second kappa shape index (κ2) is 1.15. The maximum absolute atomic E-state index is 4.25. The highest BCUT2D eigenvalue weighted by Gasteiger charge is 2.47. The lowest BCUT2D eigenvalue weighted by Crippen LogP contribution is -2.08. The van der Waals surface area contributed by atoms with Gasteiger partial charge in [0, 0.05) is 18.2 Å². The van der Waals surface area contributed by atoms with E-state index >= 15 is 0 Å². The number of nitrogens with zero attached hydrogens (tertiary/aromatic N) is 1. The Morgan fingerprint density at radius 3 is 2.62 bits per heavy atom. The van der Waals surface area contributed by atoms with Gasteiger partial charge in [-0.2, -0.15) is 0 Å². The Kier molecular flexibility index (Phi) is 0.651. The molecule has 1 atom stereocenters. The van der Waals surface area contributed by atoms with Gasteiger partial charge in [0.1, 0.15) is 0 Å². The Balaban J connectivity index is 2.22. The minimum Gasteiger partial charge on any atom is -0.297 e. The van der Waals surface area contributed by atoms with Crippen molar-refractivity contribution in [2.24, 2.45) is 16.3 Å². The molecule has 0 aromatic heterocycles. The van der Waals surface area contributed by atoms with Crippen LogP contribution in [0.4, 0.5) is 0 Å². The largest absolute Gasteiger partial charge is 0.297 e. The zero-order valence-electron chi connectivity index (χ0n) is 5.22. The molecule has 1 aliphatic heterocycles. The first-order chi connectivity index (χ1) is 3.83. The summed E-state index contributed by atoms with van der Waals surface area (Å²) in [5.41, 5.74) is 0.611. The highest BCUT2D eigenvalue weighted by molar-refractivity contribution is 5.72. The number of hydrogen-bond acceptors (Lipinski definition) is 1. The van der Waals surface area contributed by atoms with Crippen molar-refractivity contribution in [3.05, 3.63) is 0 Å². The van der Waals surface area contributed by atoms with Gasteiger partial charge in [0.25, 0.3) is 0 Å². The van der Waals surface area contributed by atoms with Gasteiger partial charge in [0.2, 0.25) is 0 Å². The van der Waals surface area contributed by atoms with Crippen molar-refractivity contribution in [1.29, 1.82) is 0 Å². The third-order valence-electron chi connectivity index (χ3n) is 2.54. The van der Waals surface area contributed by atoms with Crippen LogP contribution in [0.5, 0.6) is 0 Å². The fraction of sp³-hybridized carbons (Fsp3) is 0.857. The third kappa shape index (κ3) is 0.396. The van der Waals surface area contributed by atoms with E-state index in [1.54, 1.807) is 0 Å². The Hall–Kier alpha value is -0.330. The predicted molar refractivity (Wildman–Crippen MR) is 34.2 cm³/mol. The molecule has 0 unspecified atom stereocenters. The summed E-state index contributed by atoms with van der Waals surface area (Å²) < 4.78 is 0. The fourth-order valence-corrected chi connectivity index (χ4v) is 1.47. The van der Waals surface area contributed by atoms with E-state index in [9.17, 15) is 0 Å². The van der Waals surface area contributed by atoms with E-state index in [4.69, 9.17) is 0 Å². The van der Waals surface area contributed by atoms with Crippen LogP contribution >= 0.6 is 0 Å². The maximum atomic E-state index is 4.25. The molecule has 0 saturated heterocycles. The van der Waals surface area contributed by atoms with Crippen LogP contribution in [0.15, 0.2) is 4.99 Å². The smallest absolute Gasteiger partial charge is 0.0420 e. The van der Waals surface area contributed by atoms with E-state index in [1.807, 2.05) is 0 Å². The van der Waals surface area contributed by atoms with Gasteiger partial charge in [-0.15, -0.1) is 0 Å². The zero-order valence-corrected chi connectivity index (χ0v) is 5.22. The normalized spacial score (nSPS) is 38.9. The molecule has 2 aliphatic rings. The van der Waals surface area contributed by atoms with Gasteiger partial charge in [0.05, 0.1) is 0 Å². The molecule has 0 aromatic rings. The molecule has 1 spiro atoms. The molecule has 0 aromatic carbocycles. The molecular weight excluding hydrogens is 98.1 g/mol. The molecule has 0 bridgehead atoms. The molecule has 1 nitrogen and oxygen atoms in total. The van der Waals surface area contributed by atoms with Crippen molar-refractivity contribution < 1.29 is 0 Å². The van der Waals surface area contributed by atoms with Crippen LogP contribution in [-0.2, 0) is 0 Å². The molecule has 2 rings (SSSR count). The monoisotopic (exact) mass is 109 g/mol. The molecule has 0 radical (unpaired) electrons. The molecule has 1 heteroatoms. The Bertz CT molecular complexity index is 133. The standard InChI is InChI=1S/C7H11N/c1-6-4-8-5-7(6)2-3-7/h5-6H,2-4H2,1H3/t6-/m1/s1. The lowest BCUT2D eigenvalue weighted by Gasteiger charge is -2.07. The third-order valence-corrected chi connectivity index (χ3v) is 2.54. The van der Waals surface area contributed by atoms with Gasteiger partial charge in [-0.05, 0) is 18.8 Å². The zero-order chi connectivity index (χ0) is 5.61. The van der Waals surface area contributed by atoms with Gasteiger partial charge in [-0.25, -0.2) is 0 Å². The van der Waals surface area contributed by atoms with Crippen molar-refractivity contribution in [3.8, 4) is 0 Å². The molecule has 0 N–H and O–H groups in total. The van der Waals surface area contributed by atoms with Crippen molar-refractivity contribution >= 4 is 6.21 Å². The Labute approximate surface area is 49.8 Å². The van der Waals surface area contributed by atoms with Crippen LogP contribution < -0.4 is 0 Å². The lowest BCUT2D eigenvalue weighted by molar-refractivity contribution is 0.489. The summed E-state index contributed by atoms with van der Waals surface area (Å²) in [4.78, 5) is 4.25. The maximum Gasteiger partial charge on any atom is 0.0420 e. The summed E-state index contributed by atoms with van der Waals surface area (Å²) in [6.07, 6.45) is 4.98. The molecule has 8 heavy (non-hydrogen) atoms. The second-order valence-electron chi connectivity index (χ2n) is 3.13. The Morgan fingerprint density at radius 1 is 1.62 bits per heavy atom. The average molecular weight is 109 g/mol. The van der Waals surface area contributed by atoms with Crippen molar-refractivity contribution in [2.75, 3.05) is 6.54 Å². The number of rotatable bonds is 0.